The number of aliphatic imine (C=N–C) groups is 1. The van der Waals surface area contributed by atoms with Gasteiger partial charge in [0.1, 0.15) is 5.60 Å². The zero-order chi connectivity index (χ0) is 22.7. The summed E-state index contributed by atoms with van der Waals surface area (Å²) >= 11 is 0. The quantitative estimate of drug-likeness (QED) is 0.148. The van der Waals surface area contributed by atoms with Crippen LogP contribution in [0.25, 0.3) is 0 Å². The summed E-state index contributed by atoms with van der Waals surface area (Å²) in [7, 11) is 1.96. The molecule has 1 aliphatic rings. The molecule has 1 atom stereocenters. The van der Waals surface area contributed by atoms with Gasteiger partial charge in [0.15, 0.2) is 5.96 Å². The average Bonchev–Trinajstić information content (AvgIpc) is 3.12. The minimum absolute atomic E-state index is 0. The van der Waals surface area contributed by atoms with E-state index in [0.717, 1.165) is 70.7 Å². The summed E-state index contributed by atoms with van der Waals surface area (Å²) in [6.07, 6.45) is 10.8. The first-order chi connectivity index (χ1) is 14.8. The Morgan fingerprint density at radius 3 is 2.69 bits per heavy atom. The molecule has 1 aromatic rings. The topological polar surface area (TPSA) is 83.8 Å². The molecule has 0 aliphatic carbocycles. The van der Waals surface area contributed by atoms with Crippen molar-refractivity contribution in [3.63, 3.8) is 0 Å². The molecule has 0 bridgehead atoms. The number of nitrogens with one attached hydrogen (secondary N) is 2. The molecule has 1 aliphatic heterocycles. The van der Waals surface area contributed by atoms with Crippen LogP contribution < -0.4 is 15.5 Å². The first-order valence-electron chi connectivity index (χ1n) is 11.8. The van der Waals surface area contributed by atoms with E-state index in [1.54, 1.807) is 0 Å². The van der Waals surface area contributed by atoms with E-state index in [9.17, 15) is 4.79 Å². The molecule has 1 fully saturated rings. The van der Waals surface area contributed by atoms with E-state index in [0.29, 0.717) is 12.5 Å². The zero-order valence-electron chi connectivity index (χ0n) is 20.5. The molecular formula is C23H43IN6O2. The Kier molecular flexibility index (Phi) is 13.0. The molecule has 1 aromatic heterocycles. The number of halogens is 1. The van der Waals surface area contributed by atoms with Gasteiger partial charge in [-0.1, -0.05) is 12.8 Å². The number of aromatic nitrogens is 2. The second kappa shape index (κ2) is 14.6. The highest BCUT2D eigenvalue weighted by atomic mass is 127. The van der Waals surface area contributed by atoms with Crippen LogP contribution in [0.2, 0.25) is 0 Å². The average molecular weight is 563 g/mol. The minimum atomic E-state index is -0.394. The van der Waals surface area contributed by atoms with Crippen LogP contribution in [0.1, 0.15) is 72.6 Å². The van der Waals surface area contributed by atoms with Crippen molar-refractivity contribution in [2.75, 3.05) is 31.1 Å². The number of nitrogens with zero attached hydrogens (tertiary/aromatic N) is 4. The number of hydrogen-bond acceptors (Lipinski definition) is 5. The summed E-state index contributed by atoms with van der Waals surface area (Å²) in [5.74, 6) is 0.797. The van der Waals surface area contributed by atoms with E-state index in [4.69, 9.17) is 9.73 Å². The lowest BCUT2D eigenvalue weighted by Gasteiger charge is -2.34. The van der Waals surface area contributed by atoms with Crippen LogP contribution in [-0.4, -0.2) is 59.5 Å². The summed E-state index contributed by atoms with van der Waals surface area (Å²) < 4.78 is 7.20. The Hall–Kier alpha value is -1.52. The zero-order valence-corrected chi connectivity index (χ0v) is 22.9. The molecule has 32 heavy (non-hydrogen) atoms. The van der Waals surface area contributed by atoms with Gasteiger partial charge in [-0.25, -0.2) is 0 Å². The Labute approximate surface area is 211 Å². The van der Waals surface area contributed by atoms with Crippen molar-refractivity contribution in [2.45, 2.75) is 84.3 Å². The van der Waals surface area contributed by atoms with E-state index >= 15 is 0 Å². The SMILES string of the molecule is CCNC(=NCCCCCCC(=O)OC(C)(C)C)NC1CCCN(c2cnn(C)c2)C1.I. The number of unbranched alkanes of at least 4 members (excludes halogenated alkanes) is 3. The highest BCUT2D eigenvalue weighted by Gasteiger charge is 2.21. The minimum Gasteiger partial charge on any atom is -0.460 e. The molecule has 184 valence electrons. The molecule has 0 radical (unpaired) electrons. The normalized spacial score (nSPS) is 17.0. The number of piperidine rings is 1. The highest BCUT2D eigenvalue weighted by molar-refractivity contribution is 14.0. The fourth-order valence-electron chi connectivity index (χ4n) is 3.73. The van der Waals surface area contributed by atoms with Crippen LogP contribution in [-0.2, 0) is 16.6 Å². The smallest absolute Gasteiger partial charge is 0.306 e. The van der Waals surface area contributed by atoms with Crippen molar-refractivity contribution in [2.24, 2.45) is 12.0 Å². The Bertz CT molecular complexity index is 701. The maximum absolute atomic E-state index is 11.7. The maximum Gasteiger partial charge on any atom is 0.306 e. The van der Waals surface area contributed by atoms with Gasteiger partial charge < -0.3 is 20.3 Å². The number of aryl methyl sites for hydroxylation is 1. The van der Waals surface area contributed by atoms with Gasteiger partial charge in [-0.05, 0) is 53.4 Å². The van der Waals surface area contributed by atoms with E-state index in [-0.39, 0.29) is 29.9 Å². The molecule has 2 heterocycles. The molecule has 9 heteroatoms. The second-order valence-corrected chi connectivity index (χ2v) is 9.31. The molecule has 8 nitrogen and oxygen atoms in total. The third kappa shape index (κ3) is 11.4. The second-order valence-electron chi connectivity index (χ2n) is 9.31. The lowest BCUT2D eigenvalue weighted by molar-refractivity contribution is -0.154. The van der Waals surface area contributed by atoms with Gasteiger partial charge in [-0.2, -0.15) is 5.10 Å². The Morgan fingerprint density at radius 2 is 2.03 bits per heavy atom. The van der Waals surface area contributed by atoms with Gasteiger partial charge in [0.25, 0.3) is 0 Å². The largest absolute Gasteiger partial charge is 0.460 e. The van der Waals surface area contributed by atoms with Gasteiger partial charge in [0.05, 0.1) is 11.9 Å². The Balaban J connectivity index is 0.00000512. The highest BCUT2D eigenvalue weighted by Crippen LogP contribution is 2.19. The monoisotopic (exact) mass is 562 g/mol. The van der Waals surface area contributed by atoms with Crippen molar-refractivity contribution in [1.82, 2.24) is 20.4 Å². The van der Waals surface area contributed by atoms with Gasteiger partial charge in [0.2, 0.25) is 0 Å². The number of esters is 1. The molecule has 0 amide bonds. The summed E-state index contributed by atoms with van der Waals surface area (Å²) in [5, 5.41) is 11.3. The molecule has 0 saturated carbocycles. The summed E-state index contributed by atoms with van der Waals surface area (Å²) in [4.78, 5) is 18.9. The fourth-order valence-corrected chi connectivity index (χ4v) is 3.73. The van der Waals surface area contributed by atoms with Gasteiger partial charge in [-0.3, -0.25) is 14.5 Å². The predicted molar refractivity (Wildman–Crippen MR) is 142 cm³/mol. The standard InChI is InChI=1S/C23H42N6O2.HI/c1-6-24-22(25-14-10-8-7-9-13-21(30)31-23(2,3)4)27-19-12-11-15-29(17-19)20-16-26-28(5)18-20;/h16,18-19H,6-15,17H2,1-5H3,(H2,24,25,27);1H. The third-order valence-corrected chi connectivity index (χ3v) is 5.14. The lowest BCUT2D eigenvalue weighted by Crippen LogP contribution is -2.51. The number of anilines is 1. The van der Waals surface area contributed by atoms with Crippen molar-refractivity contribution < 1.29 is 9.53 Å². The third-order valence-electron chi connectivity index (χ3n) is 5.14. The van der Waals surface area contributed by atoms with E-state index in [1.165, 1.54) is 5.69 Å². The number of rotatable bonds is 10. The number of carbonyl (C=O) groups excluding carboxylic acids is 1. The van der Waals surface area contributed by atoms with E-state index in [1.807, 2.05) is 38.7 Å². The number of guanidine groups is 1. The van der Waals surface area contributed by atoms with Crippen molar-refractivity contribution >= 4 is 41.6 Å². The molecular weight excluding hydrogens is 519 g/mol. The summed E-state index contributed by atoms with van der Waals surface area (Å²) in [6, 6.07) is 0.376. The van der Waals surface area contributed by atoms with Crippen molar-refractivity contribution in [3.05, 3.63) is 12.4 Å². The van der Waals surface area contributed by atoms with Crippen molar-refractivity contribution in [3.8, 4) is 0 Å². The summed E-state index contributed by atoms with van der Waals surface area (Å²) in [5.41, 5.74) is 0.789. The van der Waals surface area contributed by atoms with Crippen LogP contribution in [0.3, 0.4) is 0 Å². The first kappa shape index (κ1) is 28.5. The number of ether oxygens (including phenoxy) is 1. The van der Waals surface area contributed by atoms with Gasteiger partial charge in [-0.15, -0.1) is 24.0 Å². The van der Waals surface area contributed by atoms with Crippen LogP contribution in [0.5, 0.6) is 0 Å². The molecule has 2 rings (SSSR count). The van der Waals surface area contributed by atoms with Crippen LogP contribution in [0.4, 0.5) is 5.69 Å². The lowest BCUT2D eigenvalue weighted by atomic mass is 10.1. The van der Waals surface area contributed by atoms with E-state index in [2.05, 4.69) is 33.8 Å². The molecule has 1 unspecified atom stereocenters. The van der Waals surface area contributed by atoms with E-state index < -0.39 is 5.60 Å². The molecule has 0 spiro atoms. The van der Waals surface area contributed by atoms with Gasteiger partial charge in [0, 0.05) is 51.9 Å². The van der Waals surface area contributed by atoms with Crippen LogP contribution >= 0.6 is 24.0 Å². The van der Waals surface area contributed by atoms with Gasteiger partial charge >= 0.3 is 5.97 Å². The Morgan fingerprint density at radius 1 is 1.28 bits per heavy atom. The molecule has 1 saturated heterocycles. The van der Waals surface area contributed by atoms with Crippen LogP contribution in [0.15, 0.2) is 17.4 Å². The first-order valence-corrected chi connectivity index (χ1v) is 11.8. The van der Waals surface area contributed by atoms with Crippen LogP contribution in [0, 0.1) is 0 Å². The maximum atomic E-state index is 11.7. The molecule has 2 N–H and O–H groups in total. The number of hydrogen-bond donors (Lipinski definition) is 2. The fraction of sp³-hybridized carbons (Fsp3) is 0.783. The van der Waals surface area contributed by atoms with Crippen molar-refractivity contribution in [1.29, 1.82) is 0 Å². The number of carbonyl (C=O) groups is 1. The molecule has 0 aromatic carbocycles. The summed E-state index contributed by atoms with van der Waals surface area (Å²) in [6.45, 7) is 11.5. The predicted octanol–water partition coefficient (Wildman–Crippen LogP) is 3.85.